The van der Waals surface area contributed by atoms with Crippen LogP contribution in [0.1, 0.15) is 39.2 Å². The first-order chi connectivity index (χ1) is 13.9. The summed E-state index contributed by atoms with van der Waals surface area (Å²) in [7, 11) is 0. The SMILES string of the molecule is C/C(=C\COCc1ccccc1)CCC(Sc1nc2ccccc2s1)C(C)(C)O. The summed E-state index contributed by atoms with van der Waals surface area (Å²) in [4.78, 5) is 4.72. The van der Waals surface area contributed by atoms with Crippen LogP contribution in [-0.2, 0) is 11.3 Å². The summed E-state index contributed by atoms with van der Waals surface area (Å²) in [6, 6.07) is 18.4. The van der Waals surface area contributed by atoms with E-state index in [1.54, 1.807) is 23.1 Å². The van der Waals surface area contributed by atoms with Crippen LogP contribution in [0.4, 0.5) is 0 Å². The van der Waals surface area contributed by atoms with Gasteiger partial charge in [0.15, 0.2) is 4.34 Å². The van der Waals surface area contributed by atoms with E-state index in [0.717, 1.165) is 22.7 Å². The summed E-state index contributed by atoms with van der Waals surface area (Å²) in [5.41, 5.74) is 2.73. The van der Waals surface area contributed by atoms with E-state index in [0.29, 0.717) is 13.2 Å². The van der Waals surface area contributed by atoms with Crippen LogP contribution in [0.5, 0.6) is 0 Å². The minimum Gasteiger partial charge on any atom is -0.389 e. The van der Waals surface area contributed by atoms with Crippen LogP contribution in [0.15, 0.2) is 70.6 Å². The summed E-state index contributed by atoms with van der Waals surface area (Å²) < 4.78 is 7.96. The number of allylic oxidation sites excluding steroid dienone is 1. The van der Waals surface area contributed by atoms with Crippen molar-refractivity contribution in [1.82, 2.24) is 4.98 Å². The topological polar surface area (TPSA) is 42.4 Å². The molecule has 2 aromatic carbocycles. The first-order valence-electron chi connectivity index (χ1n) is 9.94. The van der Waals surface area contributed by atoms with Crippen LogP contribution < -0.4 is 0 Å². The number of nitrogens with zero attached hydrogens (tertiary/aromatic N) is 1. The van der Waals surface area contributed by atoms with Crippen molar-refractivity contribution >= 4 is 33.3 Å². The molecule has 0 bridgehead atoms. The number of thioether (sulfide) groups is 1. The molecular formula is C24H29NO2S2. The number of fused-ring (bicyclic) bond motifs is 1. The van der Waals surface area contributed by atoms with Gasteiger partial charge in [-0.2, -0.15) is 0 Å². The summed E-state index contributed by atoms with van der Waals surface area (Å²) >= 11 is 3.38. The van der Waals surface area contributed by atoms with Crippen molar-refractivity contribution < 1.29 is 9.84 Å². The third kappa shape index (κ3) is 6.96. The lowest BCUT2D eigenvalue weighted by Gasteiger charge is -2.28. The maximum atomic E-state index is 10.7. The van der Waals surface area contributed by atoms with Gasteiger partial charge in [0.05, 0.1) is 29.0 Å². The highest BCUT2D eigenvalue weighted by Gasteiger charge is 2.28. The second-order valence-electron chi connectivity index (χ2n) is 7.80. The molecule has 0 aliphatic carbocycles. The molecule has 1 atom stereocenters. The van der Waals surface area contributed by atoms with Crippen LogP contribution in [0.25, 0.3) is 10.2 Å². The van der Waals surface area contributed by atoms with Crippen molar-refractivity contribution in [1.29, 1.82) is 0 Å². The maximum absolute atomic E-state index is 10.7. The first-order valence-corrected chi connectivity index (χ1v) is 11.6. The van der Waals surface area contributed by atoms with Crippen LogP contribution in [0.3, 0.4) is 0 Å². The van der Waals surface area contributed by atoms with E-state index in [1.807, 2.05) is 50.2 Å². The van der Waals surface area contributed by atoms with E-state index >= 15 is 0 Å². The number of para-hydroxylation sites is 1. The van der Waals surface area contributed by atoms with Gasteiger partial charge < -0.3 is 9.84 Å². The lowest BCUT2D eigenvalue weighted by atomic mass is 9.98. The monoisotopic (exact) mass is 427 g/mol. The Labute approximate surface area is 181 Å². The van der Waals surface area contributed by atoms with Gasteiger partial charge in [-0.1, -0.05) is 65.9 Å². The average Bonchev–Trinajstić information content (AvgIpc) is 3.11. The highest BCUT2D eigenvalue weighted by Crippen LogP contribution is 2.38. The molecule has 0 spiro atoms. The fourth-order valence-electron chi connectivity index (χ4n) is 2.99. The molecule has 154 valence electrons. The molecule has 0 amide bonds. The number of aromatic nitrogens is 1. The Morgan fingerprint density at radius 1 is 1.17 bits per heavy atom. The number of rotatable bonds is 10. The lowest BCUT2D eigenvalue weighted by molar-refractivity contribution is 0.0754. The van der Waals surface area contributed by atoms with Crippen LogP contribution >= 0.6 is 23.1 Å². The summed E-state index contributed by atoms with van der Waals surface area (Å²) in [5, 5.41) is 10.8. The van der Waals surface area contributed by atoms with Crippen LogP contribution in [-0.4, -0.2) is 27.5 Å². The van der Waals surface area contributed by atoms with Gasteiger partial charge in [0.2, 0.25) is 0 Å². The second kappa shape index (κ2) is 10.4. The normalized spacial score (nSPS) is 13.7. The van der Waals surface area contributed by atoms with Crippen molar-refractivity contribution in [2.24, 2.45) is 0 Å². The standard InChI is InChI=1S/C24H29NO2S2/c1-18(15-16-27-17-19-9-5-4-6-10-19)13-14-22(24(2,3)26)29-23-25-20-11-7-8-12-21(20)28-23/h4-12,15,22,26H,13-14,16-17H2,1-3H3/b18-15+. The number of benzene rings is 2. The van der Waals surface area contributed by atoms with Gasteiger partial charge in [0.25, 0.3) is 0 Å². The number of ether oxygens (including phenoxy) is 1. The summed E-state index contributed by atoms with van der Waals surface area (Å²) in [6.45, 7) is 7.15. The fraction of sp³-hybridized carbons (Fsp3) is 0.375. The smallest absolute Gasteiger partial charge is 0.151 e. The molecule has 29 heavy (non-hydrogen) atoms. The Morgan fingerprint density at radius 3 is 2.62 bits per heavy atom. The van der Waals surface area contributed by atoms with Gasteiger partial charge in [0, 0.05) is 5.25 Å². The molecule has 0 aliphatic heterocycles. The quantitative estimate of drug-likeness (QED) is 0.229. The fourth-order valence-corrected chi connectivity index (χ4v) is 5.42. The van der Waals surface area contributed by atoms with E-state index in [9.17, 15) is 5.11 Å². The summed E-state index contributed by atoms with van der Waals surface area (Å²) in [5.74, 6) is 0. The van der Waals surface area contributed by atoms with Crippen molar-refractivity contribution in [2.45, 2.75) is 55.4 Å². The molecule has 3 rings (SSSR count). The molecule has 0 aliphatic rings. The van der Waals surface area contributed by atoms with Gasteiger partial charge in [-0.05, 0) is 51.3 Å². The number of thiazole rings is 1. The van der Waals surface area contributed by atoms with Crippen molar-refractivity contribution in [2.75, 3.05) is 6.61 Å². The minimum absolute atomic E-state index is 0.0802. The molecule has 1 aromatic heterocycles. The predicted molar refractivity (Wildman–Crippen MR) is 125 cm³/mol. The Hall–Kier alpha value is -1.66. The molecule has 1 N–H and O–H groups in total. The van der Waals surface area contributed by atoms with E-state index in [-0.39, 0.29) is 5.25 Å². The zero-order valence-corrected chi connectivity index (χ0v) is 18.9. The van der Waals surface area contributed by atoms with Gasteiger partial charge in [0.1, 0.15) is 0 Å². The van der Waals surface area contributed by atoms with Crippen molar-refractivity contribution in [3.63, 3.8) is 0 Å². The Bertz CT molecular complexity index is 896. The van der Waals surface area contributed by atoms with Crippen LogP contribution in [0, 0.1) is 0 Å². The number of aliphatic hydroxyl groups is 1. The highest BCUT2D eigenvalue weighted by molar-refractivity contribution is 8.01. The third-order valence-corrected chi connectivity index (χ3v) is 7.53. The summed E-state index contributed by atoms with van der Waals surface area (Å²) in [6.07, 6.45) is 3.97. The van der Waals surface area contributed by atoms with Crippen molar-refractivity contribution in [3.8, 4) is 0 Å². The molecule has 1 unspecified atom stereocenters. The minimum atomic E-state index is -0.771. The Morgan fingerprint density at radius 2 is 1.90 bits per heavy atom. The molecular weight excluding hydrogens is 398 g/mol. The second-order valence-corrected chi connectivity index (χ2v) is 10.3. The van der Waals surface area contributed by atoms with E-state index < -0.39 is 5.60 Å². The van der Waals surface area contributed by atoms with E-state index in [4.69, 9.17) is 9.72 Å². The van der Waals surface area contributed by atoms with Gasteiger partial charge in [-0.3, -0.25) is 0 Å². The highest BCUT2D eigenvalue weighted by atomic mass is 32.2. The predicted octanol–water partition coefficient (Wildman–Crippen LogP) is 6.47. The average molecular weight is 428 g/mol. The first kappa shape index (κ1) is 22.0. The zero-order chi connectivity index (χ0) is 20.7. The van der Waals surface area contributed by atoms with Gasteiger partial charge in [-0.15, -0.1) is 11.3 Å². The van der Waals surface area contributed by atoms with E-state index in [1.165, 1.54) is 15.8 Å². The molecule has 0 saturated heterocycles. The Balaban J connectivity index is 1.51. The van der Waals surface area contributed by atoms with Crippen LogP contribution in [0.2, 0.25) is 0 Å². The van der Waals surface area contributed by atoms with Crippen molar-refractivity contribution in [3.05, 3.63) is 71.8 Å². The van der Waals surface area contributed by atoms with Gasteiger partial charge >= 0.3 is 0 Å². The van der Waals surface area contributed by atoms with Gasteiger partial charge in [-0.25, -0.2) is 4.98 Å². The molecule has 0 fully saturated rings. The molecule has 3 aromatic rings. The lowest BCUT2D eigenvalue weighted by Crippen LogP contribution is -2.33. The zero-order valence-electron chi connectivity index (χ0n) is 17.3. The third-order valence-electron chi connectivity index (χ3n) is 4.77. The van der Waals surface area contributed by atoms with E-state index in [2.05, 4.69) is 31.2 Å². The molecule has 0 saturated carbocycles. The molecule has 3 nitrogen and oxygen atoms in total. The molecule has 0 radical (unpaired) electrons. The molecule has 5 heteroatoms. The largest absolute Gasteiger partial charge is 0.389 e. The number of hydrogen-bond acceptors (Lipinski definition) is 5. The Kier molecular flexibility index (Phi) is 7.90. The maximum Gasteiger partial charge on any atom is 0.151 e. The molecule has 1 heterocycles. The number of hydrogen-bond donors (Lipinski definition) is 1.